The molecule has 3 aromatic rings. The number of hydrogen-bond donors (Lipinski definition) is 1. The topological polar surface area (TPSA) is 83.8 Å². The van der Waals surface area contributed by atoms with Crippen LogP contribution in [0.3, 0.4) is 0 Å². The molecule has 0 aliphatic rings. The summed E-state index contributed by atoms with van der Waals surface area (Å²) in [7, 11) is -3.76. The van der Waals surface area contributed by atoms with Crippen molar-refractivity contribution in [1.29, 1.82) is 0 Å². The molecule has 0 aliphatic carbocycles. The number of anilines is 1. The van der Waals surface area contributed by atoms with E-state index in [9.17, 15) is 13.2 Å². The fourth-order valence-corrected chi connectivity index (χ4v) is 4.67. The highest BCUT2D eigenvalue weighted by Gasteiger charge is 2.21. The van der Waals surface area contributed by atoms with E-state index in [1.165, 1.54) is 24.4 Å². The number of amides is 1. The van der Waals surface area contributed by atoms with E-state index in [2.05, 4.69) is 15.1 Å². The SMILES string of the molecule is Cc1cc(C=NNC(=O)CN(c2cc(Cl)cc(Cl)c2)S(C)(=O)=O)c(C)n1-c1ccccc1. The van der Waals surface area contributed by atoms with Crippen LogP contribution in [0.5, 0.6) is 0 Å². The van der Waals surface area contributed by atoms with Gasteiger partial charge >= 0.3 is 0 Å². The van der Waals surface area contributed by atoms with Crippen molar-refractivity contribution in [2.45, 2.75) is 13.8 Å². The number of rotatable bonds is 7. The van der Waals surface area contributed by atoms with Crippen molar-refractivity contribution < 1.29 is 13.2 Å². The van der Waals surface area contributed by atoms with Crippen LogP contribution in [0, 0.1) is 13.8 Å². The van der Waals surface area contributed by atoms with E-state index in [1.54, 1.807) is 0 Å². The second kappa shape index (κ2) is 9.77. The number of benzene rings is 2. The predicted octanol–water partition coefficient (Wildman–Crippen LogP) is 4.32. The zero-order valence-corrected chi connectivity index (χ0v) is 20.0. The maximum atomic E-state index is 12.4. The molecular weight excluding hydrogens is 471 g/mol. The van der Waals surface area contributed by atoms with Crippen molar-refractivity contribution in [1.82, 2.24) is 9.99 Å². The van der Waals surface area contributed by atoms with Crippen LogP contribution in [0.15, 0.2) is 59.7 Å². The lowest BCUT2D eigenvalue weighted by molar-refractivity contribution is -0.119. The number of sulfonamides is 1. The minimum absolute atomic E-state index is 0.190. The smallest absolute Gasteiger partial charge is 0.260 e. The fraction of sp³-hybridized carbons (Fsp3) is 0.182. The lowest BCUT2D eigenvalue weighted by atomic mass is 10.2. The molecule has 1 N–H and O–H groups in total. The summed E-state index contributed by atoms with van der Waals surface area (Å²) in [5.41, 5.74) is 6.39. The highest BCUT2D eigenvalue weighted by Crippen LogP contribution is 2.27. The molecule has 0 fully saturated rings. The van der Waals surface area contributed by atoms with Gasteiger partial charge < -0.3 is 4.57 Å². The van der Waals surface area contributed by atoms with Gasteiger partial charge in [-0.3, -0.25) is 9.10 Å². The van der Waals surface area contributed by atoms with Crippen LogP contribution < -0.4 is 9.73 Å². The number of nitrogens with zero attached hydrogens (tertiary/aromatic N) is 3. The number of hydrazone groups is 1. The van der Waals surface area contributed by atoms with Gasteiger partial charge in [0, 0.05) is 32.7 Å². The number of nitrogens with one attached hydrogen (secondary N) is 1. The summed E-state index contributed by atoms with van der Waals surface area (Å²) >= 11 is 11.9. The van der Waals surface area contributed by atoms with Crippen LogP contribution in [0.4, 0.5) is 5.69 Å². The first-order valence-electron chi connectivity index (χ1n) is 9.56. The van der Waals surface area contributed by atoms with E-state index in [-0.39, 0.29) is 15.7 Å². The van der Waals surface area contributed by atoms with Crippen LogP contribution in [0.25, 0.3) is 5.69 Å². The minimum Gasteiger partial charge on any atom is -0.318 e. The van der Waals surface area contributed by atoms with Crippen molar-refractivity contribution in [3.8, 4) is 5.69 Å². The van der Waals surface area contributed by atoms with E-state index in [0.29, 0.717) is 0 Å². The molecule has 1 aromatic heterocycles. The Labute approximate surface area is 197 Å². The quantitative estimate of drug-likeness (QED) is 0.393. The third-order valence-electron chi connectivity index (χ3n) is 4.70. The van der Waals surface area contributed by atoms with Gasteiger partial charge in [-0.1, -0.05) is 41.4 Å². The molecule has 7 nitrogen and oxygen atoms in total. The van der Waals surface area contributed by atoms with Crippen LogP contribution in [-0.2, 0) is 14.8 Å². The summed E-state index contributed by atoms with van der Waals surface area (Å²) in [6.45, 7) is 3.46. The van der Waals surface area contributed by atoms with E-state index in [0.717, 1.165) is 33.2 Å². The number of halogens is 2. The normalized spacial score (nSPS) is 11.7. The molecule has 0 bridgehead atoms. The Morgan fingerprint density at radius 3 is 2.31 bits per heavy atom. The van der Waals surface area contributed by atoms with Crippen LogP contribution >= 0.6 is 23.2 Å². The second-order valence-corrected chi connectivity index (χ2v) is 9.97. The van der Waals surface area contributed by atoms with Gasteiger partial charge in [-0.05, 0) is 50.2 Å². The van der Waals surface area contributed by atoms with Crippen LogP contribution in [-0.4, -0.2) is 37.9 Å². The molecule has 0 spiro atoms. The molecule has 0 aliphatic heterocycles. The van der Waals surface area contributed by atoms with Crippen LogP contribution in [0.2, 0.25) is 10.0 Å². The summed E-state index contributed by atoms with van der Waals surface area (Å²) in [6.07, 6.45) is 2.53. The number of aromatic nitrogens is 1. The van der Waals surface area contributed by atoms with Gasteiger partial charge in [0.1, 0.15) is 6.54 Å². The summed E-state index contributed by atoms with van der Waals surface area (Å²) in [4.78, 5) is 12.4. The van der Waals surface area contributed by atoms with E-state index < -0.39 is 22.5 Å². The van der Waals surface area contributed by atoms with Crippen molar-refractivity contribution in [2.24, 2.45) is 5.10 Å². The molecule has 0 radical (unpaired) electrons. The van der Waals surface area contributed by atoms with Gasteiger partial charge in [-0.2, -0.15) is 5.10 Å². The fourth-order valence-electron chi connectivity index (χ4n) is 3.32. The molecule has 32 heavy (non-hydrogen) atoms. The van der Waals surface area contributed by atoms with Crippen molar-refractivity contribution in [3.63, 3.8) is 0 Å². The molecule has 0 atom stereocenters. The molecular formula is C22H22Cl2N4O3S. The van der Waals surface area contributed by atoms with Gasteiger partial charge in [0.2, 0.25) is 10.0 Å². The molecule has 3 rings (SSSR count). The van der Waals surface area contributed by atoms with Crippen molar-refractivity contribution >= 4 is 51.0 Å². The molecule has 0 saturated carbocycles. The van der Waals surface area contributed by atoms with Gasteiger partial charge in [-0.25, -0.2) is 13.8 Å². The zero-order valence-electron chi connectivity index (χ0n) is 17.7. The van der Waals surface area contributed by atoms with Gasteiger partial charge in [-0.15, -0.1) is 0 Å². The Balaban J connectivity index is 1.75. The third kappa shape index (κ3) is 5.70. The second-order valence-electron chi connectivity index (χ2n) is 7.19. The highest BCUT2D eigenvalue weighted by atomic mass is 35.5. The Bertz CT molecular complexity index is 1250. The molecule has 168 valence electrons. The first-order valence-corrected chi connectivity index (χ1v) is 12.2. The summed E-state index contributed by atoms with van der Waals surface area (Å²) < 4.78 is 27.4. The Morgan fingerprint density at radius 1 is 1.09 bits per heavy atom. The summed E-state index contributed by atoms with van der Waals surface area (Å²) in [5.74, 6) is -0.611. The molecule has 0 saturated heterocycles. The van der Waals surface area contributed by atoms with E-state index in [1.807, 2.05) is 50.2 Å². The monoisotopic (exact) mass is 492 g/mol. The number of carbonyl (C=O) groups is 1. The number of hydrogen-bond acceptors (Lipinski definition) is 4. The average Bonchev–Trinajstić information content (AvgIpc) is 2.98. The largest absolute Gasteiger partial charge is 0.318 e. The van der Waals surface area contributed by atoms with Gasteiger partial charge in [0.25, 0.3) is 5.91 Å². The number of aryl methyl sites for hydroxylation is 1. The summed E-state index contributed by atoms with van der Waals surface area (Å²) in [5, 5.41) is 4.52. The minimum atomic E-state index is -3.76. The number of carbonyl (C=O) groups excluding carboxylic acids is 1. The zero-order chi connectivity index (χ0) is 23.5. The molecule has 1 heterocycles. The lowest BCUT2D eigenvalue weighted by Crippen LogP contribution is -2.39. The maximum absolute atomic E-state index is 12.4. The highest BCUT2D eigenvalue weighted by molar-refractivity contribution is 7.92. The molecule has 1 amide bonds. The van der Waals surface area contributed by atoms with Gasteiger partial charge in [0.15, 0.2) is 0 Å². The standard InChI is InChI=1S/C22H22Cl2N4O3S/c1-15-9-17(16(2)28(15)20-7-5-4-6-8-20)13-25-26-22(29)14-27(32(3,30)31)21-11-18(23)10-19(24)12-21/h4-13H,14H2,1-3H3,(H,26,29). The first kappa shape index (κ1) is 23.8. The molecule has 10 heteroatoms. The van der Waals surface area contributed by atoms with Crippen LogP contribution in [0.1, 0.15) is 17.0 Å². The summed E-state index contributed by atoms with van der Waals surface area (Å²) in [6, 6.07) is 16.2. The number of para-hydroxylation sites is 1. The van der Waals surface area contributed by atoms with E-state index >= 15 is 0 Å². The maximum Gasteiger partial charge on any atom is 0.260 e. The molecule has 2 aromatic carbocycles. The van der Waals surface area contributed by atoms with Crippen molar-refractivity contribution in [3.05, 3.63) is 81.6 Å². The Morgan fingerprint density at radius 2 is 1.72 bits per heavy atom. The average molecular weight is 493 g/mol. The Hall–Kier alpha value is -2.81. The Kier molecular flexibility index (Phi) is 7.28. The van der Waals surface area contributed by atoms with Gasteiger partial charge in [0.05, 0.1) is 18.2 Å². The van der Waals surface area contributed by atoms with Crippen molar-refractivity contribution in [2.75, 3.05) is 17.1 Å². The lowest BCUT2D eigenvalue weighted by Gasteiger charge is -2.21. The third-order valence-corrected chi connectivity index (χ3v) is 6.28. The predicted molar refractivity (Wildman–Crippen MR) is 130 cm³/mol. The first-order chi connectivity index (χ1) is 15.1. The molecule has 0 unspecified atom stereocenters. The van der Waals surface area contributed by atoms with E-state index in [4.69, 9.17) is 23.2 Å².